The topological polar surface area (TPSA) is 53.7 Å². The van der Waals surface area contributed by atoms with E-state index in [1.54, 1.807) is 19.2 Å². The SMILES string of the molecule is COCOc1c(Cl)cc(CN)cc1OC. The van der Waals surface area contributed by atoms with Gasteiger partial charge in [-0.25, -0.2) is 0 Å². The molecule has 1 rings (SSSR count). The average Bonchev–Trinajstić information content (AvgIpc) is 2.26. The summed E-state index contributed by atoms with van der Waals surface area (Å²) >= 11 is 6.01. The van der Waals surface area contributed by atoms with E-state index in [1.807, 2.05) is 0 Å². The molecule has 15 heavy (non-hydrogen) atoms. The molecule has 0 spiro atoms. The Kier molecular flexibility index (Phi) is 4.68. The lowest BCUT2D eigenvalue weighted by Crippen LogP contribution is -2.03. The molecule has 0 aliphatic rings. The largest absolute Gasteiger partial charge is 0.493 e. The molecule has 4 nitrogen and oxygen atoms in total. The predicted molar refractivity (Wildman–Crippen MR) is 58.4 cm³/mol. The Hall–Kier alpha value is -0.970. The van der Waals surface area contributed by atoms with Crippen LogP contribution in [0.2, 0.25) is 5.02 Å². The van der Waals surface area contributed by atoms with Crippen molar-refractivity contribution in [3.8, 4) is 11.5 Å². The van der Waals surface area contributed by atoms with Crippen molar-refractivity contribution in [3.63, 3.8) is 0 Å². The highest BCUT2D eigenvalue weighted by Crippen LogP contribution is 2.36. The fourth-order valence-electron chi connectivity index (χ4n) is 1.15. The van der Waals surface area contributed by atoms with E-state index < -0.39 is 0 Å². The third kappa shape index (κ3) is 2.99. The molecule has 0 saturated heterocycles. The van der Waals surface area contributed by atoms with E-state index in [2.05, 4.69) is 0 Å². The van der Waals surface area contributed by atoms with Gasteiger partial charge in [-0.2, -0.15) is 0 Å². The van der Waals surface area contributed by atoms with Gasteiger partial charge in [0.15, 0.2) is 18.3 Å². The molecule has 0 atom stereocenters. The number of hydrogen-bond acceptors (Lipinski definition) is 4. The van der Waals surface area contributed by atoms with Crippen LogP contribution >= 0.6 is 11.6 Å². The highest BCUT2D eigenvalue weighted by molar-refractivity contribution is 6.32. The van der Waals surface area contributed by atoms with E-state index in [0.29, 0.717) is 23.1 Å². The van der Waals surface area contributed by atoms with Crippen molar-refractivity contribution in [3.05, 3.63) is 22.7 Å². The molecule has 0 aliphatic carbocycles. The zero-order valence-corrected chi connectivity index (χ0v) is 9.50. The van der Waals surface area contributed by atoms with Crippen molar-refractivity contribution in [2.75, 3.05) is 21.0 Å². The minimum atomic E-state index is 0.123. The number of nitrogens with two attached hydrogens (primary N) is 1. The summed E-state index contributed by atoms with van der Waals surface area (Å²) in [7, 11) is 3.08. The second-order valence-corrected chi connectivity index (χ2v) is 3.27. The summed E-state index contributed by atoms with van der Waals surface area (Å²) in [6.07, 6.45) is 0. The maximum atomic E-state index is 6.01. The van der Waals surface area contributed by atoms with Gasteiger partial charge in [-0.15, -0.1) is 0 Å². The zero-order chi connectivity index (χ0) is 11.3. The van der Waals surface area contributed by atoms with Gasteiger partial charge < -0.3 is 19.9 Å². The lowest BCUT2D eigenvalue weighted by molar-refractivity contribution is 0.0492. The summed E-state index contributed by atoms with van der Waals surface area (Å²) in [5.41, 5.74) is 6.40. The second kappa shape index (κ2) is 5.80. The smallest absolute Gasteiger partial charge is 0.188 e. The minimum absolute atomic E-state index is 0.123. The lowest BCUT2D eigenvalue weighted by atomic mass is 10.2. The molecule has 0 saturated carbocycles. The molecule has 0 fully saturated rings. The summed E-state index contributed by atoms with van der Waals surface area (Å²) in [5.74, 6) is 1.03. The monoisotopic (exact) mass is 231 g/mol. The molecular weight excluding hydrogens is 218 g/mol. The Bertz CT molecular complexity index is 331. The Morgan fingerprint density at radius 3 is 2.60 bits per heavy atom. The Balaban J connectivity index is 3.01. The van der Waals surface area contributed by atoms with Gasteiger partial charge in [0.05, 0.1) is 12.1 Å². The van der Waals surface area contributed by atoms with Crippen molar-refractivity contribution in [2.24, 2.45) is 5.73 Å². The summed E-state index contributed by atoms with van der Waals surface area (Å²) in [4.78, 5) is 0. The minimum Gasteiger partial charge on any atom is -0.493 e. The fraction of sp³-hybridized carbons (Fsp3) is 0.400. The van der Waals surface area contributed by atoms with Crippen molar-refractivity contribution in [2.45, 2.75) is 6.54 Å². The van der Waals surface area contributed by atoms with Gasteiger partial charge in [0.25, 0.3) is 0 Å². The molecule has 0 heterocycles. The van der Waals surface area contributed by atoms with E-state index in [0.717, 1.165) is 5.56 Å². The van der Waals surface area contributed by atoms with Gasteiger partial charge in [-0.3, -0.25) is 0 Å². The number of ether oxygens (including phenoxy) is 3. The molecule has 1 aromatic carbocycles. The number of benzene rings is 1. The van der Waals surface area contributed by atoms with Crippen LogP contribution in [0.5, 0.6) is 11.5 Å². The van der Waals surface area contributed by atoms with Crippen LogP contribution in [0.3, 0.4) is 0 Å². The molecule has 0 aromatic heterocycles. The molecule has 0 bridgehead atoms. The van der Waals surface area contributed by atoms with Crippen LogP contribution in [0, 0.1) is 0 Å². The van der Waals surface area contributed by atoms with Crippen molar-refractivity contribution in [1.82, 2.24) is 0 Å². The molecule has 2 N–H and O–H groups in total. The lowest BCUT2D eigenvalue weighted by Gasteiger charge is -2.12. The Morgan fingerprint density at radius 2 is 2.07 bits per heavy atom. The molecule has 0 amide bonds. The molecule has 0 radical (unpaired) electrons. The van der Waals surface area contributed by atoms with Crippen LogP contribution in [0.1, 0.15) is 5.56 Å². The third-order valence-electron chi connectivity index (χ3n) is 1.85. The second-order valence-electron chi connectivity index (χ2n) is 2.86. The van der Waals surface area contributed by atoms with E-state index in [-0.39, 0.29) is 6.79 Å². The molecule has 0 aliphatic heterocycles. The van der Waals surface area contributed by atoms with E-state index >= 15 is 0 Å². The fourth-order valence-corrected chi connectivity index (χ4v) is 1.44. The molecule has 1 aromatic rings. The van der Waals surface area contributed by atoms with Gasteiger partial charge in [-0.05, 0) is 17.7 Å². The standard InChI is InChI=1S/C10H14ClNO3/c1-13-6-15-10-8(11)3-7(5-12)4-9(10)14-2/h3-4H,5-6,12H2,1-2H3. The number of halogens is 1. The first-order chi connectivity index (χ1) is 7.22. The average molecular weight is 232 g/mol. The number of hydrogen-bond donors (Lipinski definition) is 1. The van der Waals surface area contributed by atoms with Gasteiger partial charge >= 0.3 is 0 Å². The van der Waals surface area contributed by atoms with Gasteiger partial charge in [0, 0.05) is 13.7 Å². The quantitative estimate of drug-likeness (QED) is 0.785. The number of rotatable bonds is 5. The van der Waals surface area contributed by atoms with E-state index in [1.165, 1.54) is 7.11 Å². The molecule has 0 unspecified atom stereocenters. The summed E-state index contributed by atoms with van der Waals surface area (Å²) < 4.78 is 15.2. The number of methoxy groups -OCH3 is 2. The zero-order valence-electron chi connectivity index (χ0n) is 8.75. The van der Waals surface area contributed by atoms with E-state index in [4.69, 9.17) is 31.5 Å². The summed E-state index contributed by atoms with van der Waals surface area (Å²) in [5, 5.41) is 0.465. The maximum absolute atomic E-state index is 6.01. The van der Waals surface area contributed by atoms with Crippen molar-refractivity contribution < 1.29 is 14.2 Å². The van der Waals surface area contributed by atoms with Crippen molar-refractivity contribution in [1.29, 1.82) is 0 Å². The van der Waals surface area contributed by atoms with Gasteiger partial charge in [-0.1, -0.05) is 11.6 Å². The van der Waals surface area contributed by atoms with Gasteiger partial charge in [0.2, 0.25) is 0 Å². The first kappa shape index (κ1) is 12.1. The molecule has 5 heteroatoms. The van der Waals surface area contributed by atoms with Crippen LogP contribution in [-0.4, -0.2) is 21.0 Å². The Morgan fingerprint density at radius 1 is 1.33 bits per heavy atom. The predicted octanol–water partition coefficient (Wildman–Crippen LogP) is 1.79. The first-order valence-electron chi connectivity index (χ1n) is 4.41. The molecular formula is C10H14ClNO3. The third-order valence-corrected chi connectivity index (χ3v) is 2.13. The van der Waals surface area contributed by atoms with E-state index in [9.17, 15) is 0 Å². The summed E-state index contributed by atoms with van der Waals surface area (Å²) in [6.45, 7) is 0.526. The maximum Gasteiger partial charge on any atom is 0.188 e. The van der Waals surface area contributed by atoms with Crippen LogP contribution < -0.4 is 15.2 Å². The highest BCUT2D eigenvalue weighted by atomic mass is 35.5. The first-order valence-corrected chi connectivity index (χ1v) is 4.79. The van der Waals surface area contributed by atoms with Crippen LogP contribution in [-0.2, 0) is 11.3 Å². The van der Waals surface area contributed by atoms with Gasteiger partial charge in [0.1, 0.15) is 0 Å². The van der Waals surface area contributed by atoms with Crippen molar-refractivity contribution >= 4 is 11.6 Å². The van der Waals surface area contributed by atoms with Crippen LogP contribution in [0.25, 0.3) is 0 Å². The summed E-state index contributed by atoms with van der Waals surface area (Å²) in [6, 6.07) is 3.53. The highest BCUT2D eigenvalue weighted by Gasteiger charge is 2.11. The molecule has 84 valence electrons. The normalized spacial score (nSPS) is 10.1. The van der Waals surface area contributed by atoms with Crippen LogP contribution in [0.4, 0.5) is 0 Å². The van der Waals surface area contributed by atoms with Crippen LogP contribution in [0.15, 0.2) is 12.1 Å². The Labute approximate surface area is 93.9 Å².